The number of para-hydroxylation sites is 2. The molecule has 2 aromatic carbocycles. The van der Waals surface area contributed by atoms with Crippen LogP contribution in [0.25, 0.3) is 17.4 Å². The molecule has 3 rings (SSSR count). The Balaban J connectivity index is 0.00000320. The highest BCUT2D eigenvalue weighted by Gasteiger charge is 2.34. The van der Waals surface area contributed by atoms with Gasteiger partial charge in [-0.05, 0) is 30.3 Å². The lowest BCUT2D eigenvalue weighted by Gasteiger charge is -2.10. The van der Waals surface area contributed by atoms with Gasteiger partial charge in [0, 0.05) is 17.7 Å². The van der Waals surface area contributed by atoms with Crippen LogP contribution in [0.1, 0.15) is 11.3 Å². The normalized spacial score (nSPS) is 11.2. The second-order valence-corrected chi connectivity index (χ2v) is 5.84. The van der Waals surface area contributed by atoms with Crippen LogP contribution in [0.4, 0.5) is 24.5 Å². The molecule has 0 saturated heterocycles. The highest BCUT2D eigenvalue weighted by Crippen LogP contribution is 2.37. The fraction of sp³-hybridized carbons (Fsp3) is 0.0500. The first-order valence-corrected chi connectivity index (χ1v) is 8.24. The van der Waals surface area contributed by atoms with Gasteiger partial charge in [0.15, 0.2) is 0 Å². The predicted octanol–water partition coefficient (Wildman–Crippen LogP) is 4.70. The van der Waals surface area contributed by atoms with Gasteiger partial charge in [-0.1, -0.05) is 30.3 Å². The molecule has 7 nitrogen and oxygen atoms in total. The number of carbonyl (C=O) groups excluding carboxylic acids is 1. The number of carbonyl (C=O) groups is 1. The van der Waals surface area contributed by atoms with E-state index in [1.165, 1.54) is 60.7 Å². The number of hydrogen-bond donors (Lipinski definition) is 1. The molecule has 1 heterocycles. The van der Waals surface area contributed by atoms with E-state index in [0.717, 1.165) is 12.1 Å². The highest BCUT2D eigenvalue weighted by atomic mass is 19.4. The number of nitrogens with zero attached hydrogens (tertiary/aromatic N) is 1. The minimum absolute atomic E-state index is 0. The highest BCUT2D eigenvalue weighted by molar-refractivity contribution is 6.03. The molecule has 0 saturated carbocycles. The van der Waals surface area contributed by atoms with Gasteiger partial charge >= 0.3 is 6.18 Å². The molecule has 0 radical (unpaired) electrons. The fourth-order valence-corrected chi connectivity index (χ4v) is 2.60. The van der Waals surface area contributed by atoms with Gasteiger partial charge in [0.2, 0.25) is 5.91 Å². The molecule has 1 aromatic heterocycles. The number of furan rings is 1. The summed E-state index contributed by atoms with van der Waals surface area (Å²) >= 11 is 0. The zero-order valence-corrected chi connectivity index (χ0v) is 15.1. The number of rotatable bonds is 5. The molecule has 0 unspecified atom stereocenters. The summed E-state index contributed by atoms with van der Waals surface area (Å²) in [6.45, 7) is 0. The molecule has 0 atom stereocenters. The number of nitro groups is 1. The topological polar surface area (TPSA) is 117 Å². The van der Waals surface area contributed by atoms with Crippen molar-refractivity contribution in [3.8, 4) is 11.3 Å². The van der Waals surface area contributed by atoms with Crippen LogP contribution in [0.15, 0.2) is 71.2 Å². The number of halogens is 3. The molecule has 0 aliphatic heterocycles. The average molecular weight is 420 g/mol. The number of alkyl halides is 3. The molecule has 0 bridgehead atoms. The first-order valence-electron chi connectivity index (χ1n) is 8.24. The van der Waals surface area contributed by atoms with Crippen molar-refractivity contribution in [2.45, 2.75) is 6.18 Å². The molecule has 156 valence electrons. The van der Waals surface area contributed by atoms with Crippen molar-refractivity contribution in [1.82, 2.24) is 0 Å². The third-order valence-electron chi connectivity index (χ3n) is 3.88. The van der Waals surface area contributed by atoms with Gasteiger partial charge in [0.1, 0.15) is 17.2 Å². The Morgan fingerprint density at radius 3 is 2.40 bits per heavy atom. The van der Waals surface area contributed by atoms with Crippen molar-refractivity contribution in [3.05, 3.63) is 88.2 Å². The number of anilines is 1. The Hall–Kier alpha value is -3.92. The summed E-state index contributed by atoms with van der Waals surface area (Å²) in [5.41, 5.74) is -1.20. The van der Waals surface area contributed by atoms with Crippen LogP contribution >= 0.6 is 0 Å². The summed E-state index contributed by atoms with van der Waals surface area (Å²) in [5.74, 6) is -0.515. The number of nitrogens with one attached hydrogen (secondary N) is 1. The van der Waals surface area contributed by atoms with Gasteiger partial charge in [-0.25, -0.2) is 0 Å². The predicted molar refractivity (Wildman–Crippen MR) is 104 cm³/mol. The van der Waals surface area contributed by atoms with Crippen LogP contribution in [-0.2, 0) is 11.0 Å². The number of amides is 1. The van der Waals surface area contributed by atoms with E-state index in [1.807, 2.05) is 0 Å². The third-order valence-corrected chi connectivity index (χ3v) is 3.88. The molecule has 1 amide bonds. The van der Waals surface area contributed by atoms with Gasteiger partial charge in [0.25, 0.3) is 5.69 Å². The maximum Gasteiger partial charge on any atom is 0.417 e. The van der Waals surface area contributed by atoms with Crippen molar-refractivity contribution >= 4 is 23.4 Å². The quantitative estimate of drug-likeness (QED) is 0.366. The van der Waals surface area contributed by atoms with E-state index in [1.54, 1.807) is 0 Å². The zero-order chi connectivity index (χ0) is 21.0. The van der Waals surface area contributed by atoms with Crippen LogP contribution in [0.3, 0.4) is 0 Å². The van der Waals surface area contributed by atoms with Crippen LogP contribution in [-0.4, -0.2) is 16.3 Å². The molecule has 0 aliphatic carbocycles. The first kappa shape index (κ1) is 22.4. The summed E-state index contributed by atoms with van der Waals surface area (Å²) in [6.07, 6.45) is -2.22. The monoisotopic (exact) mass is 420 g/mol. The van der Waals surface area contributed by atoms with Crippen molar-refractivity contribution in [2.24, 2.45) is 0 Å². The van der Waals surface area contributed by atoms with E-state index in [4.69, 9.17) is 4.42 Å². The Bertz CT molecular complexity index is 1090. The first-order chi connectivity index (χ1) is 13.8. The van der Waals surface area contributed by atoms with Crippen LogP contribution in [0.2, 0.25) is 0 Å². The lowest BCUT2D eigenvalue weighted by molar-refractivity contribution is -0.383. The van der Waals surface area contributed by atoms with E-state index < -0.39 is 22.6 Å². The maximum absolute atomic E-state index is 13.1. The van der Waals surface area contributed by atoms with Crippen molar-refractivity contribution < 1.29 is 32.8 Å². The van der Waals surface area contributed by atoms with Crippen LogP contribution in [0, 0.1) is 10.1 Å². The lowest BCUT2D eigenvalue weighted by Crippen LogP contribution is -2.09. The zero-order valence-electron chi connectivity index (χ0n) is 15.1. The van der Waals surface area contributed by atoms with Crippen molar-refractivity contribution in [3.63, 3.8) is 0 Å². The van der Waals surface area contributed by atoms with E-state index in [2.05, 4.69) is 5.32 Å². The maximum atomic E-state index is 13.1. The third kappa shape index (κ3) is 5.11. The summed E-state index contributed by atoms with van der Waals surface area (Å²) < 4.78 is 44.8. The average Bonchev–Trinajstić information content (AvgIpc) is 3.15. The number of benzene rings is 2. The van der Waals surface area contributed by atoms with Gasteiger partial charge in [-0.3, -0.25) is 14.9 Å². The molecule has 3 N–H and O–H groups in total. The molecule has 30 heavy (non-hydrogen) atoms. The number of hydrogen-bond acceptors (Lipinski definition) is 4. The second-order valence-electron chi connectivity index (χ2n) is 5.84. The van der Waals surface area contributed by atoms with Crippen molar-refractivity contribution in [2.75, 3.05) is 5.32 Å². The van der Waals surface area contributed by atoms with Crippen LogP contribution in [0.5, 0.6) is 0 Å². The van der Waals surface area contributed by atoms with E-state index in [-0.39, 0.29) is 33.9 Å². The lowest BCUT2D eigenvalue weighted by atomic mass is 10.1. The summed E-state index contributed by atoms with van der Waals surface area (Å²) in [4.78, 5) is 22.3. The molecular weight excluding hydrogens is 405 g/mol. The molecule has 0 fully saturated rings. The van der Waals surface area contributed by atoms with Crippen molar-refractivity contribution in [1.29, 1.82) is 0 Å². The summed E-state index contributed by atoms with van der Waals surface area (Å²) in [5, 5.41) is 13.3. The van der Waals surface area contributed by atoms with E-state index in [9.17, 15) is 28.1 Å². The second kappa shape index (κ2) is 9.05. The molecular formula is C20H15F3N2O5. The minimum atomic E-state index is -4.54. The summed E-state index contributed by atoms with van der Waals surface area (Å²) in [7, 11) is 0. The largest absolute Gasteiger partial charge is 0.457 e. The van der Waals surface area contributed by atoms with Gasteiger partial charge in [-0.15, -0.1) is 0 Å². The van der Waals surface area contributed by atoms with Gasteiger partial charge < -0.3 is 15.2 Å². The molecule has 0 aliphatic rings. The Morgan fingerprint density at radius 1 is 1.03 bits per heavy atom. The minimum Gasteiger partial charge on any atom is -0.457 e. The Kier molecular flexibility index (Phi) is 6.75. The van der Waals surface area contributed by atoms with Crippen LogP contribution < -0.4 is 5.32 Å². The smallest absolute Gasteiger partial charge is 0.417 e. The fourth-order valence-electron chi connectivity index (χ4n) is 2.60. The molecule has 10 heteroatoms. The summed E-state index contributed by atoms with van der Waals surface area (Å²) in [6, 6.07) is 13.4. The van der Waals surface area contributed by atoms with Gasteiger partial charge in [-0.2, -0.15) is 13.2 Å². The molecule has 0 spiro atoms. The standard InChI is InChI=1S/C20H13F3N2O4.H2O/c21-20(22,23)15-6-2-1-5-14(15)18-11-9-13(29-18)10-12-19(26)24-16-7-3-4-8-17(16)25(27)28;/h1-12H,(H,24,26);1H2/b12-10+;. The SMILES string of the molecule is O.O=C(/C=C/c1ccc(-c2ccccc2C(F)(F)F)o1)Nc1ccccc1[N+](=O)[O-]. The Labute approximate surface area is 167 Å². The van der Waals surface area contributed by atoms with E-state index >= 15 is 0 Å². The molecule has 3 aromatic rings. The van der Waals surface area contributed by atoms with Gasteiger partial charge in [0.05, 0.1) is 10.5 Å². The van der Waals surface area contributed by atoms with E-state index in [0.29, 0.717) is 0 Å². The number of nitro benzene ring substituents is 1. The Morgan fingerprint density at radius 2 is 1.70 bits per heavy atom.